The Morgan fingerprint density at radius 1 is 1.00 bits per heavy atom. The summed E-state index contributed by atoms with van der Waals surface area (Å²) in [6, 6.07) is 5.46. The molecule has 0 aliphatic carbocycles. The third-order valence-corrected chi connectivity index (χ3v) is 4.98. The number of hydrazine groups is 1. The second kappa shape index (κ2) is 10.5. The number of aromatic nitrogens is 2. The van der Waals surface area contributed by atoms with Crippen LogP contribution in [0.5, 0.6) is 5.75 Å². The molecule has 1 unspecified atom stereocenters. The summed E-state index contributed by atoms with van der Waals surface area (Å²) in [5.74, 6) is -1.76. The van der Waals surface area contributed by atoms with E-state index in [-0.39, 0.29) is 18.1 Å². The summed E-state index contributed by atoms with van der Waals surface area (Å²) in [4.78, 5) is 10.7. The van der Waals surface area contributed by atoms with Crippen LogP contribution in [0.25, 0.3) is 0 Å². The van der Waals surface area contributed by atoms with Gasteiger partial charge in [0.2, 0.25) is 0 Å². The van der Waals surface area contributed by atoms with Crippen LogP contribution >= 0.6 is 0 Å². The van der Waals surface area contributed by atoms with E-state index in [9.17, 15) is 27.1 Å². The van der Waals surface area contributed by atoms with Gasteiger partial charge in [-0.15, -0.1) is 0 Å². The maximum Gasteiger partial charge on any atom is 0.417 e. The minimum Gasteiger partial charge on any atom is -0.486 e. The van der Waals surface area contributed by atoms with Crippen molar-refractivity contribution in [2.45, 2.75) is 24.3 Å². The highest BCUT2D eigenvalue weighted by molar-refractivity contribution is 5.53. The quantitative estimate of drug-likeness (QED) is 0.131. The molecule has 0 aliphatic rings. The number of hydrogen-bond donors (Lipinski definition) is 3. The van der Waals surface area contributed by atoms with E-state index in [1.54, 1.807) is 0 Å². The molecule has 0 saturated carbocycles. The van der Waals surface area contributed by atoms with Crippen LogP contribution in [-0.4, -0.2) is 28.0 Å². The normalized spacial score (nSPS) is 14.0. The number of hydrogen-bond acceptors (Lipinski definition) is 6. The van der Waals surface area contributed by atoms with E-state index in [1.165, 1.54) is 0 Å². The molecule has 0 spiro atoms. The summed E-state index contributed by atoms with van der Waals surface area (Å²) in [6.07, 6.45) is -2.26. The average molecular weight is 517 g/mol. The summed E-state index contributed by atoms with van der Waals surface area (Å²) in [5, 5.41) is 10.9. The van der Waals surface area contributed by atoms with Gasteiger partial charge in [0.15, 0.2) is 5.60 Å². The van der Waals surface area contributed by atoms with E-state index in [1.807, 2.05) is 5.43 Å². The smallest absolute Gasteiger partial charge is 0.417 e. The number of ether oxygens (including phenoxy) is 1. The lowest BCUT2D eigenvalue weighted by atomic mass is 9.84. The van der Waals surface area contributed by atoms with Crippen LogP contribution in [0.4, 0.5) is 30.7 Å². The number of aliphatic imine (C=N–C) groups is 1. The maximum absolute atomic E-state index is 15.5. The number of halogens is 7. The fraction of sp³-hybridized carbons (Fsp3) is 0.227. The minimum atomic E-state index is -4.55. The molecule has 0 radical (unpaired) electrons. The van der Waals surface area contributed by atoms with Crippen molar-refractivity contribution in [3.63, 3.8) is 0 Å². The van der Waals surface area contributed by atoms with E-state index in [0.29, 0.717) is 24.4 Å². The summed E-state index contributed by atoms with van der Waals surface area (Å²) >= 11 is 0. The molecule has 0 bridgehead atoms. The number of pyridine rings is 2. The zero-order chi connectivity index (χ0) is 26.6. The van der Waals surface area contributed by atoms with Crippen molar-refractivity contribution in [1.82, 2.24) is 15.4 Å². The SMILES string of the molecule is NNC=NCC(O)(c1ccc(F)cc1F)C(F)(F)c1ccc(OCc2ccc(C(F)(F)F)cn2)cn1. The van der Waals surface area contributed by atoms with Crippen LogP contribution in [0.1, 0.15) is 22.5 Å². The first-order valence-corrected chi connectivity index (χ1v) is 10.00. The lowest BCUT2D eigenvalue weighted by Gasteiger charge is -2.35. The average Bonchev–Trinajstić information content (AvgIpc) is 2.82. The summed E-state index contributed by atoms with van der Waals surface area (Å²) in [6.45, 7) is -1.37. The third kappa shape index (κ3) is 5.71. The van der Waals surface area contributed by atoms with Gasteiger partial charge in [0, 0.05) is 17.8 Å². The Labute approximate surface area is 199 Å². The highest BCUT2D eigenvalue weighted by Gasteiger charge is 2.57. The lowest BCUT2D eigenvalue weighted by molar-refractivity contribution is -0.193. The molecule has 0 amide bonds. The van der Waals surface area contributed by atoms with Gasteiger partial charge in [-0.05, 0) is 36.4 Å². The topological polar surface area (TPSA) is 106 Å². The van der Waals surface area contributed by atoms with Crippen molar-refractivity contribution in [2.75, 3.05) is 6.54 Å². The molecule has 0 fully saturated rings. The number of benzene rings is 1. The van der Waals surface area contributed by atoms with Gasteiger partial charge in [0.05, 0.1) is 30.3 Å². The Hall–Kier alpha value is -3.78. The van der Waals surface area contributed by atoms with Crippen LogP contribution < -0.4 is 16.0 Å². The highest BCUT2D eigenvalue weighted by atomic mass is 19.4. The predicted octanol–water partition coefficient (Wildman–Crippen LogP) is 3.82. The zero-order valence-electron chi connectivity index (χ0n) is 18.1. The molecule has 36 heavy (non-hydrogen) atoms. The van der Waals surface area contributed by atoms with Crippen molar-refractivity contribution in [3.05, 3.63) is 89.0 Å². The molecular formula is C22H18F7N5O2. The molecule has 4 N–H and O–H groups in total. The van der Waals surface area contributed by atoms with Crippen molar-refractivity contribution >= 4 is 6.34 Å². The van der Waals surface area contributed by atoms with Crippen LogP contribution in [0, 0.1) is 11.6 Å². The molecular weight excluding hydrogens is 499 g/mol. The first-order valence-electron chi connectivity index (χ1n) is 10.00. The van der Waals surface area contributed by atoms with Gasteiger partial charge in [-0.1, -0.05) is 0 Å². The highest BCUT2D eigenvalue weighted by Crippen LogP contribution is 2.46. The number of alkyl halides is 5. The first-order chi connectivity index (χ1) is 16.9. The van der Waals surface area contributed by atoms with Gasteiger partial charge >= 0.3 is 12.1 Å². The van der Waals surface area contributed by atoms with E-state index in [4.69, 9.17) is 10.6 Å². The molecule has 3 rings (SSSR count). The van der Waals surface area contributed by atoms with Crippen molar-refractivity contribution < 1.29 is 40.6 Å². The van der Waals surface area contributed by atoms with Gasteiger partial charge in [0.1, 0.15) is 29.7 Å². The zero-order valence-corrected chi connectivity index (χ0v) is 18.1. The maximum atomic E-state index is 15.5. The Bertz CT molecular complexity index is 1200. The number of nitrogens with one attached hydrogen (secondary N) is 1. The minimum absolute atomic E-state index is 0.0434. The van der Waals surface area contributed by atoms with Crippen LogP contribution in [0.3, 0.4) is 0 Å². The summed E-state index contributed by atoms with van der Waals surface area (Å²) < 4.78 is 102. The van der Waals surface area contributed by atoms with Crippen molar-refractivity contribution in [3.8, 4) is 5.75 Å². The van der Waals surface area contributed by atoms with E-state index >= 15 is 8.78 Å². The molecule has 7 nitrogen and oxygen atoms in total. The van der Waals surface area contributed by atoms with Crippen LogP contribution in [-0.2, 0) is 24.3 Å². The van der Waals surface area contributed by atoms with Gasteiger partial charge in [0.25, 0.3) is 0 Å². The Balaban J connectivity index is 1.83. The summed E-state index contributed by atoms with van der Waals surface area (Å²) in [5.41, 5.74) is -4.08. The molecule has 1 aromatic carbocycles. The van der Waals surface area contributed by atoms with Crippen LogP contribution in [0.15, 0.2) is 59.9 Å². The lowest BCUT2D eigenvalue weighted by Crippen LogP contribution is -2.47. The Morgan fingerprint density at radius 3 is 2.31 bits per heavy atom. The monoisotopic (exact) mass is 517 g/mol. The Morgan fingerprint density at radius 2 is 1.75 bits per heavy atom. The van der Waals surface area contributed by atoms with Gasteiger partial charge in [-0.2, -0.15) is 22.0 Å². The predicted molar refractivity (Wildman–Crippen MR) is 113 cm³/mol. The number of rotatable bonds is 9. The largest absolute Gasteiger partial charge is 0.486 e. The first kappa shape index (κ1) is 26.8. The van der Waals surface area contributed by atoms with Gasteiger partial charge in [-0.25, -0.2) is 14.6 Å². The van der Waals surface area contributed by atoms with Gasteiger partial charge < -0.3 is 15.3 Å². The van der Waals surface area contributed by atoms with Crippen molar-refractivity contribution in [2.24, 2.45) is 10.8 Å². The van der Waals surface area contributed by atoms with E-state index < -0.39 is 52.7 Å². The second-order valence-electron chi connectivity index (χ2n) is 7.40. The summed E-state index contributed by atoms with van der Waals surface area (Å²) in [7, 11) is 0. The fourth-order valence-electron chi connectivity index (χ4n) is 3.11. The molecule has 3 aromatic rings. The van der Waals surface area contributed by atoms with Crippen LogP contribution in [0.2, 0.25) is 0 Å². The van der Waals surface area contributed by atoms with E-state index in [2.05, 4.69) is 15.0 Å². The number of aliphatic hydroxyl groups is 1. The fourth-order valence-corrected chi connectivity index (χ4v) is 3.11. The number of nitrogens with two attached hydrogens (primary N) is 1. The van der Waals surface area contributed by atoms with Crippen molar-refractivity contribution in [1.29, 1.82) is 0 Å². The standard InChI is InChI=1S/C22H18F7N5O2/c23-14-2-5-17(18(24)7-14)20(35,11-31-12-34-30)21(25,26)19-6-4-16(9-33-19)36-10-15-3-1-13(8-32-15)22(27,28)29/h1-9,12,35H,10-11,30H2,(H,31,34). The second-order valence-corrected chi connectivity index (χ2v) is 7.40. The molecule has 0 saturated heterocycles. The Kier molecular flexibility index (Phi) is 7.79. The van der Waals surface area contributed by atoms with E-state index in [0.717, 1.165) is 36.8 Å². The molecule has 14 heteroatoms. The molecule has 0 aliphatic heterocycles. The molecule has 2 aromatic heterocycles. The number of nitrogens with zero attached hydrogens (tertiary/aromatic N) is 3. The molecule has 1 atom stereocenters. The molecule has 2 heterocycles. The third-order valence-electron chi connectivity index (χ3n) is 4.98. The molecule has 192 valence electrons. The van der Waals surface area contributed by atoms with Gasteiger partial charge in [-0.3, -0.25) is 15.0 Å².